The SMILES string of the molecule is CCCCCCCCCCCCCCCCCC(=O)C(C)(O)[N+](C)(C)C(C)(O)C(=O)CCCCCCCCCCCCCCCCC.[Cl-]. The van der Waals surface area contributed by atoms with E-state index in [9.17, 15) is 19.8 Å². The van der Waals surface area contributed by atoms with E-state index in [1.807, 2.05) is 0 Å². The van der Waals surface area contributed by atoms with Crippen molar-refractivity contribution in [3.8, 4) is 0 Å². The van der Waals surface area contributed by atoms with Crippen LogP contribution in [0.15, 0.2) is 0 Å². The molecule has 0 spiro atoms. The number of quaternary nitrogens is 1. The molecule has 2 unspecified atom stereocenters. The Labute approximate surface area is 306 Å². The Hall–Kier alpha value is -0.490. The third kappa shape index (κ3) is 22.4. The van der Waals surface area contributed by atoms with Crippen molar-refractivity contribution in [1.82, 2.24) is 0 Å². The Bertz CT molecular complexity index is 692. The quantitative estimate of drug-likeness (QED) is 0.0388. The molecule has 0 aliphatic carbocycles. The molecule has 2 atom stereocenters. The second-order valence-corrected chi connectivity index (χ2v) is 15.7. The molecule has 0 aromatic heterocycles. The number of nitrogens with zero attached hydrogens (tertiary/aromatic N) is 1. The Morgan fingerprint density at radius 2 is 0.562 bits per heavy atom. The third-order valence-corrected chi connectivity index (χ3v) is 11.2. The predicted octanol–water partition coefficient (Wildman–Crippen LogP) is 9.15. The Morgan fingerprint density at radius 3 is 0.750 bits per heavy atom. The molecule has 0 saturated carbocycles. The summed E-state index contributed by atoms with van der Waals surface area (Å²) in [5.74, 6) is -0.588. The van der Waals surface area contributed by atoms with Crippen molar-refractivity contribution in [3.63, 3.8) is 0 Å². The molecule has 48 heavy (non-hydrogen) atoms. The molecule has 2 N–H and O–H groups in total. The lowest BCUT2D eigenvalue weighted by atomic mass is 9.93. The number of rotatable bonds is 36. The van der Waals surface area contributed by atoms with E-state index in [2.05, 4.69) is 13.8 Å². The number of hydrogen-bond donors (Lipinski definition) is 2. The van der Waals surface area contributed by atoms with E-state index in [0.29, 0.717) is 0 Å². The van der Waals surface area contributed by atoms with Gasteiger partial charge >= 0.3 is 0 Å². The van der Waals surface area contributed by atoms with E-state index in [-0.39, 0.29) is 36.8 Å². The van der Waals surface area contributed by atoms with Gasteiger partial charge in [0.25, 0.3) is 11.4 Å². The summed E-state index contributed by atoms with van der Waals surface area (Å²) in [5, 5.41) is 22.6. The Kier molecular flexibility index (Phi) is 32.3. The van der Waals surface area contributed by atoms with E-state index in [1.54, 1.807) is 14.1 Å². The van der Waals surface area contributed by atoms with Gasteiger partial charge in [0.2, 0.25) is 11.6 Å². The fourth-order valence-electron chi connectivity index (χ4n) is 6.83. The largest absolute Gasteiger partial charge is 1.00 e. The lowest BCUT2D eigenvalue weighted by molar-refractivity contribution is -1.01. The number of Topliss-reactive ketones (excluding diaryl/α,β-unsaturated/α-hetero) is 2. The molecule has 0 amide bonds. The molecule has 0 aromatic carbocycles. The fourth-order valence-corrected chi connectivity index (χ4v) is 6.83. The maximum Gasteiger partial charge on any atom is 0.260 e. The molecule has 0 aliphatic rings. The summed E-state index contributed by atoms with van der Waals surface area (Å²) in [6.45, 7) is 7.47. The zero-order chi connectivity index (χ0) is 35.3. The van der Waals surface area contributed by atoms with Crippen molar-refractivity contribution in [2.75, 3.05) is 14.1 Å². The summed E-state index contributed by atoms with van der Waals surface area (Å²) in [6, 6.07) is 0. The summed E-state index contributed by atoms with van der Waals surface area (Å²) in [4.78, 5) is 26.3. The van der Waals surface area contributed by atoms with Crippen LogP contribution in [0.5, 0.6) is 0 Å². The number of likely N-dealkylation sites (N-methyl/N-ethyl adjacent to an activating group) is 1. The Balaban J connectivity index is 0. The van der Waals surface area contributed by atoms with Crippen LogP contribution in [0.2, 0.25) is 0 Å². The number of carbonyl (C=O) groups excluding carboxylic acids is 2. The van der Waals surface area contributed by atoms with E-state index in [1.165, 1.54) is 168 Å². The van der Waals surface area contributed by atoms with Crippen molar-refractivity contribution in [1.29, 1.82) is 0 Å². The Morgan fingerprint density at radius 1 is 0.396 bits per heavy atom. The first-order chi connectivity index (χ1) is 22.5. The minimum Gasteiger partial charge on any atom is -1.00 e. The highest BCUT2D eigenvalue weighted by Crippen LogP contribution is 2.32. The van der Waals surface area contributed by atoms with Crippen LogP contribution >= 0.6 is 0 Å². The molecule has 0 bridgehead atoms. The van der Waals surface area contributed by atoms with E-state index in [0.717, 1.165) is 38.5 Å². The number of aliphatic hydroxyl groups is 2. The van der Waals surface area contributed by atoms with Gasteiger partial charge in [0, 0.05) is 26.7 Å². The van der Waals surface area contributed by atoms with Gasteiger partial charge in [-0.2, -0.15) is 0 Å². The van der Waals surface area contributed by atoms with Crippen LogP contribution in [0.1, 0.15) is 233 Å². The molecule has 0 saturated heterocycles. The fraction of sp³-hybridized carbons (Fsp3) is 0.952. The minimum atomic E-state index is -1.83. The van der Waals surface area contributed by atoms with Gasteiger partial charge in [-0.15, -0.1) is 0 Å². The lowest BCUT2D eigenvalue weighted by Gasteiger charge is -2.49. The van der Waals surface area contributed by atoms with Gasteiger partial charge in [-0.05, 0) is 12.8 Å². The smallest absolute Gasteiger partial charge is 0.260 e. The summed E-state index contributed by atoms with van der Waals surface area (Å²) in [6.07, 6.45) is 38.4. The molecular weight excluding hydrogens is 618 g/mol. The highest BCUT2D eigenvalue weighted by atomic mass is 35.5. The summed E-state index contributed by atoms with van der Waals surface area (Å²) in [5.41, 5.74) is -3.66. The second kappa shape index (κ2) is 31.3. The van der Waals surface area contributed by atoms with Crippen molar-refractivity contribution >= 4 is 11.6 Å². The van der Waals surface area contributed by atoms with Crippen molar-refractivity contribution in [2.24, 2.45) is 0 Å². The van der Waals surface area contributed by atoms with Crippen LogP contribution in [0.4, 0.5) is 0 Å². The van der Waals surface area contributed by atoms with Crippen LogP contribution in [0.3, 0.4) is 0 Å². The molecule has 6 heteroatoms. The second-order valence-electron chi connectivity index (χ2n) is 15.7. The molecule has 0 rings (SSSR count). The third-order valence-electron chi connectivity index (χ3n) is 11.2. The number of ketones is 2. The van der Waals surface area contributed by atoms with Gasteiger partial charge in [0.15, 0.2) is 0 Å². The van der Waals surface area contributed by atoms with Gasteiger partial charge in [-0.1, -0.05) is 194 Å². The highest BCUT2D eigenvalue weighted by molar-refractivity contribution is 5.87. The number of hydrogen-bond acceptors (Lipinski definition) is 4. The number of unbranched alkanes of at least 4 members (excludes halogenated alkanes) is 28. The first-order valence-corrected chi connectivity index (χ1v) is 20.8. The first kappa shape index (κ1) is 49.6. The summed E-state index contributed by atoms with van der Waals surface area (Å²) in [7, 11) is 3.21. The molecule has 5 nitrogen and oxygen atoms in total. The number of carbonyl (C=O) groups is 2. The molecule has 0 aliphatic heterocycles. The monoisotopic (exact) mass is 702 g/mol. The van der Waals surface area contributed by atoms with Crippen LogP contribution < -0.4 is 12.4 Å². The van der Waals surface area contributed by atoms with Crippen molar-refractivity contribution < 1.29 is 36.7 Å². The lowest BCUT2D eigenvalue weighted by Crippen LogP contribution is -3.00. The maximum absolute atomic E-state index is 13.1. The van der Waals surface area contributed by atoms with Gasteiger partial charge in [-0.3, -0.25) is 14.1 Å². The van der Waals surface area contributed by atoms with Gasteiger partial charge in [-0.25, -0.2) is 0 Å². The number of halogens is 1. The van der Waals surface area contributed by atoms with Crippen LogP contribution in [-0.2, 0) is 9.59 Å². The summed E-state index contributed by atoms with van der Waals surface area (Å²) >= 11 is 0. The van der Waals surface area contributed by atoms with E-state index in [4.69, 9.17) is 0 Å². The minimum absolute atomic E-state index is 0. The zero-order valence-electron chi connectivity index (χ0n) is 33.2. The topological polar surface area (TPSA) is 74.6 Å². The molecular formula is C42H84ClNO4. The standard InChI is InChI=1S/C42H84NO4.ClH/c1-7-9-11-13-15-17-19-21-23-25-27-29-31-33-35-37-39(44)41(3,46)43(5,6)42(4,47)40(45)38-36-34-32-30-28-26-24-22-20-18-16-14-12-10-8-2;/h46-47H,7-38H2,1-6H3;1H/q+1;/p-1. The van der Waals surface area contributed by atoms with Gasteiger partial charge in [0.05, 0.1) is 14.1 Å². The van der Waals surface area contributed by atoms with Crippen LogP contribution in [0.25, 0.3) is 0 Å². The van der Waals surface area contributed by atoms with E-state index < -0.39 is 15.9 Å². The van der Waals surface area contributed by atoms with E-state index >= 15 is 0 Å². The van der Waals surface area contributed by atoms with Crippen LogP contribution in [-0.4, -0.2) is 51.8 Å². The molecule has 0 heterocycles. The average molecular weight is 703 g/mol. The van der Waals surface area contributed by atoms with Crippen molar-refractivity contribution in [2.45, 2.75) is 245 Å². The van der Waals surface area contributed by atoms with Crippen molar-refractivity contribution in [3.05, 3.63) is 0 Å². The zero-order valence-corrected chi connectivity index (χ0v) is 33.9. The maximum atomic E-state index is 13.1. The highest BCUT2D eigenvalue weighted by Gasteiger charge is 2.58. The average Bonchev–Trinajstić information content (AvgIpc) is 3.04. The van der Waals surface area contributed by atoms with Gasteiger partial charge in [0.1, 0.15) is 0 Å². The molecule has 0 fully saturated rings. The van der Waals surface area contributed by atoms with Gasteiger partial charge < -0.3 is 22.6 Å². The molecule has 0 radical (unpaired) electrons. The first-order valence-electron chi connectivity index (χ1n) is 20.8. The normalized spacial score (nSPS) is 14.3. The summed E-state index contributed by atoms with van der Waals surface area (Å²) < 4.78 is -0.463. The molecule has 0 aromatic rings. The predicted molar refractivity (Wildman–Crippen MR) is 202 cm³/mol. The molecule has 288 valence electrons. The van der Waals surface area contributed by atoms with Crippen LogP contribution in [0, 0.1) is 0 Å².